The van der Waals surface area contributed by atoms with Gasteiger partial charge in [-0.15, -0.1) is 0 Å². The van der Waals surface area contributed by atoms with Crippen LogP contribution in [-0.4, -0.2) is 66.1 Å². The van der Waals surface area contributed by atoms with Gasteiger partial charge in [0.2, 0.25) is 0 Å². The Kier molecular flexibility index (Phi) is 7.02. The van der Waals surface area contributed by atoms with E-state index in [1.165, 1.54) is 24.3 Å². The van der Waals surface area contributed by atoms with E-state index >= 15 is 0 Å². The van der Waals surface area contributed by atoms with E-state index in [4.69, 9.17) is 4.74 Å². The number of amides is 2. The van der Waals surface area contributed by atoms with E-state index in [0.29, 0.717) is 23.4 Å². The van der Waals surface area contributed by atoms with Crippen LogP contribution in [0.4, 0.5) is 16.3 Å². The molecule has 2 aliphatic rings. The fourth-order valence-electron chi connectivity index (χ4n) is 4.13. The zero-order chi connectivity index (χ0) is 24.1. The number of hydrogen-bond donors (Lipinski definition) is 2. The fraction of sp³-hybridized carbons (Fsp3) is 0.348. The number of aromatic nitrogens is 1. The van der Waals surface area contributed by atoms with Crippen molar-refractivity contribution < 1.29 is 19.2 Å². The Morgan fingerprint density at radius 2 is 1.91 bits per heavy atom. The van der Waals surface area contributed by atoms with Gasteiger partial charge in [0.15, 0.2) is 0 Å². The maximum Gasteiger partial charge on any atom is 0.338 e. The predicted octanol–water partition coefficient (Wildman–Crippen LogP) is 1.98. The maximum atomic E-state index is 12.9. The Balaban J connectivity index is 1.57. The average Bonchev–Trinajstić information content (AvgIpc) is 2.85. The Morgan fingerprint density at radius 3 is 2.53 bits per heavy atom. The van der Waals surface area contributed by atoms with E-state index in [0.717, 1.165) is 32.0 Å². The Labute approximate surface area is 196 Å². The molecule has 3 heterocycles. The van der Waals surface area contributed by atoms with Gasteiger partial charge in [0, 0.05) is 56.8 Å². The second-order valence-corrected chi connectivity index (χ2v) is 7.94. The highest BCUT2D eigenvalue weighted by atomic mass is 16.6. The van der Waals surface area contributed by atoms with E-state index in [-0.39, 0.29) is 12.3 Å². The van der Waals surface area contributed by atoms with Gasteiger partial charge in [0.05, 0.1) is 23.1 Å². The molecule has 0 bridgehead atoms. The van der Waals surface area contributed by atoms with Crippen LogP contribution < -0.4 is 15.5 Å². The van der Waals surface area contributed by atoms with Crippen molar-refractivity contribution in [3.8, 4) is 0 Å². The third kappa shape index (κ3) is 5.15. The SMILES string of the molecule is CCOC(=O)C1=C(CN2CCN(c3ccccn3)CC2)NC(=O)N[C@H]1c1ccc([N+](=O)[O-])cc1. The molecule has 34 heavy (non-hydrogen) atoms. The van der Waals surface area contributed by atoms with Crippen LogP contribution in [-0.2, 0) is 9.53 Å². The number of anilines is 1. The average molecular weight is 466 g/mol. The number of rotatable bonds is 7. The molecule has 1 fully saturated rings. The van der Waals surface area contributed by atoms with Crippen LogP contribution in [0.2, 0.25) is 0 Å². The molecule has 4 rings (SSSR count). The number of hydrogen-bond acceptors (Lipinski definition) is 8. The normalized spacial score (nSPS) is 18.8. The van der Waals surface area contributed by atoms with Crippen LogP contribution >= 0.6 is 0 Å². The maximum absolute atomic E-state index is 12.9. The third-order valence-electron chi connectivity index (χ3n) is 5.81. The lowest BCUT2D eigenvalue weighted by molar-refractivity contribution is -0.384. The van der Waals surface area contributed by atoms with Gasteiger partial charge in [0.25, 0.3) is 5.69 Å². The van der Waals surface area contributed by atoms with Crippen LogP contribution in [0, 0.1) is 10.1 Å². The highest BCUT2D eigenvalue weighted by Crippen LogP contribution is 2.29. The van der Waals surface area contributed by atoms with Gasteiger partial charge in [-0.1, -0.05) is 6.07 Å². The monoisotopic (exact) mass is 466 g/mol. The van der Waals surface area contributed by atoms with Gasteiger partial charge in [-0.25, -0.2) is 14.6 Å². The zero-order valence-corrected chi connectivity index (χ0v) is 18.8. The molecule has 2 N–H and O–H groups in total. The number of nitro groups is 1. The summed E-state index contributed by atoms with van der Waals surface area (Å²) in [7, 11) is 0. The molecular weight excluding hydrogens is 440 g/mol. The highest BCUT2D eigenvalue weighted by molar-refractivity contribution is 5.95. The molecule has 1 aromatic heterocycles. The lowest BCUT2D eigenvalue weighted by Crippen LogP contribution is -2.52. The van der Waals surface area contributed by atoms with Crippen LogP contribution in [0.25, 0.3) is 0 Å². The van der Waals surface area contributed by atoms with Crippen molar-refractivity contribution in [1.82, 2.24) is 20.5 Å². The number of ether oxygens (including phenoxy) is 1. The first-order chi connectivity index (χ1) is 16.5. The van der Waals surface area contributed by atoms with Crippen molar-refractivity contribution in [3.05, 3.63) is 75.6 Å². The fourth-order valence-corrected chi connectivity index (χ4v) is 4.13. The van der Waals surface area contributed by atoms with Crippen molar-refractivity contribution in [2.24, 2.45) is 0 Å². The number of nitro benzene ring substituents is 1. The number of pyridine rings is 1. The lowest BCUT2D eigenvalue weighted by atomic mass is 9.94. The summed E-state index contributed by atoms with van der Waals surface area (Å²) in [5.41, 5.74) is 1.25. The predicted molar refractivity (Wildman–Crippen MR) is 124 cm³/mol. The van der Waals surface area contributed by atoms with Gasteiger partial charge in [-0.2, -0.15) is 0 Å². The Morgan fingerprint density at radius 1 is 1.18 bits per heavy atom. The van der Waals surface area contributed by atoms with Gasteiger partial charge in [-0.3, -0.25) is 15.0 Å². The quantitative estimate of drug-likeness (QED) is 0.360. The summed E-state index contributed by atoms with van der Waals surface area (Å²) in [5, 5.41) is 16.5. The van der Waals surface area contributed by atoms with E-state index in [1.54, 1.807) is 13.1 Å². The molecule has 1 aromatic carbocycles. The summed E-state index contributed by atoms with van der Waals surface area (Å²) in [5.74, 6) is 0.377. The first-order valence-electron chi connectivity index (χ1n) is 11.1. The summed E-state index contributed by atoms with van der Waals surface area (Å²) in [6, 6.07) is 10.4. The molecule has 2 aliphatic heterocycles. The van der Waals surface area contributed by atoms with Crippen molar-refractivity contribution in [3.63, 3.8) is 0 Å². The van der Waals surface area contributed by atoms with E-state index < -0.39 is 23.0 Å². The van der Waals surface area contributed by atoms with E-state index in [9.17, 15) is 19.7 Å². The molecule has 1 saturated heterocycles. The largest absolute Gasteiger partial charge is 0.463 e. The Bertz CT molecular complexity index is 1080. The number of esters is 1. The Hall–Kier alpha value is -3.99. The second kappa shape index (κ2) is 10.3. The topological polar surface area (TPSA) is 130 Å². The van der Waals surface area contributed by atoms with Crippen LogP contribution in [0.1, 0.15) is 18.5 Å². The summed E-state index contributed by atoms with van der Waals surface area (Å²) in [4.78, 5) is 44.7. The van der Waals surface area contributed by atoms with Gasteiger partial charge < -0.3 is 20.3 Å². The molecule has 11 nitrogen and oxygen atoms in total. The third-order valence-corrected chi connectivity index (χ3v) is 5.81. The number of nitrogens with one attached hydrogen (secondary N) is 2. The molecule has 2 amide bonds. The van der Waals surface area contributed by atoms with Crippen LogP contribution in [0.15, 0.2) is 59.9 Å². The molecular formula is C23H26N6O5. The molecule has 0 saturated carbocycles. The van der Waals surface area contributed by atoms with Crippen molar-refractivity contribution >= 4 is 23.5 Å². The van der Waals surface area contributed by atoms with Crippen LogP contribution in [0.3, 0.4) is 0 Å². The molecule has 1 atom stereocenters. The second-order valence-electron chi connectivity index (χ2n) is 7.94. The minimum atomic E-state index is -0.779. The number of carbonyl (C=O) groups excluding carboxylic acids is 2. The first kappa shape index (κ1) is 23.2. The highest BCUT2D eigenvalue weighted by Gasteiger charge is 2.35. The summed E-state index contributed by atoms with van der Waals surface area (Å²) < 4.78 is 5.29. The number of urea groups is 1. The molecule has 178 valence electrons. The summed E-state index contributed by atoms with van der Waals surface area (Å²) >= 11 is 0. The smallest absolute Gasteiger partial charge is 0.338 e. The lowest BCUT2D eigenvalue weighted by Gasteiger charge is -2.37. The van der Waals surface area contributed by atoms with E-state index in [1.807, 2.05) is 18.2 Å². The molecule has 0 aliphatic carbocycles. The number of non-ortho nitro benzene ring substituents is 1. The number of benzene rings is 1. The zero-order valence-electron chi connectivity index (χ0n) is 18.8. The number of carbonyl (C=O) groups is 2. The van der Waals surface area contributed by atoms with Crippen LogP contribution in [0.5, 0.6) is 0 Å². The minimum Gasteiger partial charge on any atom is -0.463 e. The van der Waals surface area contributed by atoms with Crippen molar-refractivity contribution in [2.75, 3.05) is 44.2 Å². The number of piperazine rings is 1. The molecule has 0 spiro atoms. The first-order valence-corrected chi connectivity index (χ1v) is 11.1. The van der Waals surface area contributed by atoms with Gasteiger partial charge in [0.1, 0.15) is 5.82 Å². The van der Waals surface area contributed by atoms with Crippen molar-refractivity contribution in [1.29, 1.82) is 0 Å². The summed E-state index contributed by atoms with van der Waals surface area (Å²) in [6.07, 6.45) is 1.76. The van der Waals surface area contributed by atoms with Crippen molar-refractivity contribution in [2.45, 2.75) is 13.0 Å². The molecule has 0 radical (unpaired) electrons. The molecule has 11 heteroatoms. The molecule has 0 unspecified atom stereocenters. The standard InChI is InChI=1S/C23H26N6O5/c1-2-34-22(30)20-18(15-27-11-13-28(14-12-27)19-5-3-4-10-24-19)25-23(31)26-21(20)16-6-8-17(9-7-16)29(32)33/h3-10,21H,2,11-15H2,1H3,(H2,25,26,31)/t21-/m0/s1. The minimum absolute atomic E-state index is 0.0725. The number of nitrogens with zero attached hydrogens (tertiary/aromatic N) is 4. The van der Waals surface area contributed by atoms with Gasteiger partial charge >= 0.3 is 12.0 Å². The van der Waals surface area contributed by atoms with Gasteiger partial charge in [-0.05, 0) is 36.8 Å². The summed E-state index contributed by atoms with van der Waals surface area (Å²) in [6.45, 7) is 5.22. The van der Waals surface area contributed by atoms with E-state index in [2.05, 4.69) is 25.4 Å². The molecule has 2 aromatic rings.